The summed E-state index contributed by atoms with van der Waals surface area (Å²) in [7, 11) is 0. The lowest BCUT2D eigenvalue weighted by atomic mass is 10.1. The fourth-order valence-electron chi connectivity index (χ4n) is 3.26. The van der Waals surface area contributed by atoms with Crippen LogP contribution in [0.5, 0.6) is 5.75 Å². The number of nitrogens with zero attached hydrogens (tertiary/aromatic N) is 2. The Kier molecular flexibility index (Phi) is 5.17. The SMILES string of the molecule is c1ccc(OCc2cccc(CNC[C@@H]3CNc4ccnn4C3)c2)cc1. The van der Waals surface area contributed by atoms with Crippen LogP contribution in [-0.2, 0) is 19.7 Å². The number of hydrogen-bond donors (Lipinski definition) is 2. The first-order chi connectivity index (χ1) is 12.9. The number of rotatable bonds is 7. The minimum absolute atomic E-state index is 0.548. The predicted octanol–water partition coefficient (Wildman–Crippen LogP) is 3.29. The lowest BCUT2D eigenvalue weighted by molar-refractivity contribution is 0.306. The van der Waals surface area contributed by atoms with Crippen LogP contribution in [0.3, 0.4) is 0 Å². The van der Waals surface area contributed by atoms with E-state index in [1.165, 1.54) is 11.1 Å². The molecule has 3 aromatic rings. The molecule has 1 aromatic heterocycles. The molecular weight excluding hydrogens is 324 g/mol. The summed E-state index contributed by atoms with van der Waals surface area (Å²) in [6.45, 7) is 4.38. The first kappa shape index (κ1) is 16.7. The maximum atomic E-state index is 5.83. The summed E-state index contributed by atoms with van der Waals surface area (Å²) < 4.78 is 7.87. The summed E-state index contributed by atoms with van der Waals surface area (Å²) in [6.07, 6.45) is 1.85. The Hall–Kier alpha value is -2.79. The first-order valence-electron chi connectivity index (χ1n) is 9.09. The highest BCUT2D eigenvalue weighted by atomic mass is 16.5. The van der Waals surface area contributed by atoms with E-state index < -0.39 is 0 Å². The van der Waals surface area contributed by atoms with Gasteiger partial charge in [-0.2, -0.15) is 5.10 Å². The van der Waals surface area contributed by atoms with E-state index in [9.17, 15) is 0 Å². The summed E-state index contributed by atoms with van der Waals surface area (Å²) in [5.74, 6) is 2.57. The zero-order valence-electron chi connectivity index (χ0n) is 14.8. The Bertz CT molecular complexity index is 831. The van der Waals surface area contributed by atoms with Gasteiger partial charge >= 0.3 is 0 Å². The third-order valence-electron chi connectivity index (χ3n) is 4.62. The van der Waals surface area contributed by atoms with Gasteiger partial charge in [-0.3, -0.25) is 0 Å². The van der Waals surface area contributed by atoms with E-state index in [-0.39, 0.29) is 0 Å². The minimum Gasteiger partial charge on any atom is -0.489 e. The third-order valence-corrected chi connectivity index (χ3v) is 4.62. The molecule has 2 heterocycles. The molecule has 2 N–H and O–H groups in total. The molecule has 2 aromatic carbocycles. The van der Waals surface area contributed by atoms with Crippen molar-refractivity contribution in [1.29, 1.82) is 0 Å². The van der Waals surface area contributed by atoms with Gasteiger partial charge in [0.1, 0.15) is 18.2 Å². The Morgan fingerprint density at radius 2 is 1.96 bits per heavy atom. The molecule has 0 saturated heterocycles. The first-order valence-corrected chi connectivity index (χ1v) is 9.09. The number of fused-ring (bicyclic) bond motifs is 1. The van der Waals surface area contributed by atoms with E-state index in [1.807, 2.05) is 47.3 Å². The second-order valence-electron chi connectivity index (χ2n) is 6.70. The fourth-order valence-corrected chi connectivity index (χ4v) is 3.26. The van der Waals surface area contributed by atoms with Gasteiger partial charge in [0.2, 0.25) is 0 Å². The van der Waals surface area contributed by atoms with Crippen molar-refractivity contribution in [2.45, 2.75) is 19.7 Å². The Labute approximate surface area is 154 Å². The van der Waals surface area contributed by atoms with Crippen molar-refractivity contribution in [3.63, 3.8) is 0 Å². The van der Waals surface area contributed by atoms with Crippen molar-refractivity contribution in [2.75, 3.05) is 18.4 Å². The molecule has 0 aliphatic carbocycles. The summed E-state index contributed by atoms with van der Waals surface area (Å²) >= 11 is 0. The highest BCUT2D eigenvalue weighted by Crippen LogP contribution is 2.16. The largest absolute Gasteiger partial charge is 0.489 e. The Morgan fingerprint density at radius 3 is 2.88 bits per heavy atom. The number of para-hydroxylation sites is 1. The number of nitrogens with one attached hydrogen (secondary N) is 2. The van der Waals surface area contributed by atoms with Gasteiger partial charge in [-0.15, -0.1) is 0 Å². The van der Waals surface area contributed by atoms with Crippen molar-refractivity contribution in [3.8, 4) is 5.75 Å². The van der Waals surface area contributed by atoms with Crippen LogP contribution in [0.25, 0.3) is 0 Å². The smallest absolute Gasteiger partial charge is 0.124 e. The molecule has 1 aliphatic rings. The average Bonchev–Trinajstić information content (AvgIpc) is 3.15. The van der Waals surface area contributed by atoms with Crippen LogP contribution in [0.1, 0.15) is 11.1 Å². The Balaban J connectivity index is 1.25. The van der Waals surface area contributed by atoms with Crippen LogP contribution in [0, 0.1) is 5.92 Å². The van der Waals surface area contributed by atoms with Crippen molar-refractivity contribution in [3.05, 3.63) is 78.0 Å². The van der Waals surface area contributed by atoms with Crippen molar-refractivity contribution >= 4 is 5.82 Å². The lowest BCUT2D eigenvalue weighted by Crippen LogP contribution is -2.35. The molecule has 0 saturated carbocycles. The summed E-state index contributed by atoms with van der Waals surface area (Å²) in [5.41, 5.74) is 2.47. The van der Waals surface area contributed by atoms with Crippen LogP contribution in [0.2, 0.25) is 0 Å². The minimum atomic E-state index is 0.548. The fraction of sp³-hybridized carbons (Fsp3) is 0.286. The predicted molar refractivity (Wildman–Crippen MR) is 103 cm³/mol. The van der Waals surface area contributed by atoms with Crippen molar-refractivity contribution in [2.24, 2.45) is 5.92 Å². The van der Waals surface area contributed by atoms with E-state index in [0.717, 1.165) is 37.7 Å². The molecule has 0 fully saturated rings. The maximum absolute atomic E-state index is 5.83. The van der Waals surface area contributed by atoms with Crippen LogP contribution in [0.15, 0.2) is 66.9 Å². The van der Waals surface area contributed by atoms with Gasteiger partial charge in [-0.1, -0.05) is 42.5 Å². The standard InChI is InChI=1S/C21H24N4O/c1-2-7-20(8-3-1)26-16-18-6-4-5-17(11-18)12-22-13-19-14-23-21-9-10-24-25(21)15-19/h1-11,19,22-23H,12-16H2/t19-/m1/s1. The summed E-state index contributed by atoms with van der Waals surface area (Å²) in [4.78, 5) is 0. The van der Waals surface area contributed by atoms with Gasteiger partial charge in [0.15, 0.2) is 0 Å². The van der Waals surface area contributed by atoms with Gasteiger partial charge < -0.3 is 15.4 Å². The molecular formula is C21H24N4O. The molecule has 1 atom stereocenters. The van der Waals surface area contributed by atoms with E-state index in [2.05, 4.69) is 40.0 Å². The Morgan fingerprint density at radius 1 is 1.08 bits per heavy atom. The summed E-state index contributed by atoms with van der Waals surface area (Å²) in [5, 5.41) is 11.3. The molecule has 4 rings (SSSR count). The number of ether oxygens (including phenoxy) is 1. The average molecular weight is 348 g/mol. The van der Waals surface area contributed by atoms with Crippen molar-refractivity contribution < 1.29 is 4.74 Å². The third kappa shape index (κ3) is 4.24. The van der Waals surface area contributed by atoms with Gasteiger partial charge in [-0.05, 0) is 23.3 Å². The topological polar surface area (TPSA) is 51.1 Å². The molecule has 5 heteroatoms. The van der Waals surface area contributed by atoms with Gasteiger partial charge in [0.25, 0.3) is 0 Å². The monoisotopic (exact) mass is 348 g/mol. The zero-order valence-corrected chi connectivity index (χ0v) is 14.8. The second kappa shape index (κ2) is 8.06. The molecule has 0 amide bonds. The highest BCUT2D eigenvalue weighted by Gasteiger charge is 2.17. The molecule has 0 bridgehead atoms. The van der Waals surface area contributed by atoms with Gasteiger partial charge in [-0.25, -0.2) is 4.68 Å². The van der Waals surface area contributed by atoms with E-state index >= 15 is 0 Å². The number of anilines is 1. The lowest BCUT2D eigenvalue weighted by Gasteiger charge is -2.25. The molecule has 26 heavy (non-hydrogen) atoms. The normalized spacial score (nSPS) is 15.9. The molecule has 0 unspecified atom stereocenters. The van der Waals surface area contributed by atoms with Gasteiger partial charge in [0.05, 0.1) is 6.20 Å². The zero-order chi connectivity index (χ0) is 17.6. The van der Waals surface area contributed by atoms with E-state index in [4.69, 9.17) is 4.74 Å². The van der Waals surface area contributed by atoms with Crippen LogP contribution >= 0.6 is 0 Å². The van der Waals surface area contributed by atoms with Crippen LogP contribution in [-0.4, -0.2) is 22.9 Å². The highest BCUT2D eigenvalue weighted by molar-refractivity contribution is 5.35. The van der Waals surface area contributed by atoms with E-state index in [1.54, 1.807) is 0 Å². The van der Waals surface area contributed by atoms with Crippen LogP contribution < -0.4 is 15.4 Å². The molecule has 134 valence electrons. The van der Waals surface area contributed by atoms with Crippen LogP contribution in [0.4, 0.5) is 5.82 Å². The maximum Gasteiger partial charge on any atom is 0.124 e. The number of benzene rings is 2. The van der Waals surface area contributed by atoms with Gasteiger partial charge in [0, 0.05) is 38.2 Å². The summed E-state index contributed by atoms with van der Waals surface area (Å²) in [6, 6.07) is 20.5. The quantitative estimate of drug-likeness (QED) is 0.688. The molecule has 5 nitrogen and oxygen atoms in total. The number of hydrogen-bond acceptors (Lipinski definition) is 4. The number of aromatic nitrogens is 2. The molecule has 0 radical (unpaired) electrons. The van der Waals surface area contributed by atoms with Crippen molar-refractivity contribution in [1.82, 2.24) is 15.1 Å². The molecule has 0 spiro atoms. The van der Waals surface area contributed by atoms with E-state index in [0.29, 0.717) is 12.5 Å². The second-order valence-corrected chi connectivity index (χ2v) is 6.70. The molecule has 1 aliphatic heterocycles.